The number of rotatable bonds is 7. The first-order valence-corrected chi connectivity index (χ1v) is 12.6. The summed E-state index contributed by atoms with van der Waals surface area (Å²) in [6, 6.07) is 9.52. The maximum absolute atomic E-state index is 14.9. The van der Waals surface area contributed by atoms with Crippen LogP contribution in [0.15, 0.2) is 65.7 Å². The summed E-state index contributed by atoms with van der Waals surface area (Å²) in [5.41, 5.74) is 0.0698. The van der Waals surface area contributed by atoms with Crippen molar-refractivity contribution in [2.75, 3.05) is 13.2 Å². The standard InChI is InChI=1S/C24H19Cl2F2NO4S/c25-15-4-7-18(8-5-15)34(30,31)24(20-12-16(27)6-9-22(20)28)19-13-17(29-14-21(19)26)2-1-3-23-32-10-11-33-23/h1-2,4-9,12-14,23-24H,3,10-11H2/b2-1-. The Balaban J connectivity index is 1.81. The minimum atomic E-state index is -4.28. The number of benzene rings is 2. The molecule has 3 aromatic rings. The number of nitrogens with zero attached hydrogens (tertiary/aromatic N) is 1. The molecular formula is C24H19Cl2F2NO4S. The summed E-state index contributed by atoms with van der Waals surface area (Å²) in [7, 11) is -4.28. The van der Waals surface area contributed by atoms with Crippen molar-refractivity contribution in [1.29, 1.82) is 0 Å². The van der Waals surface area contributed by atoms with E-state index in [-0.39, 0.29) is 27.3 Å². The van der Waals surface area contributed by atoms with Crippen molar-refractivity contribution in [3.8, 4) is 0 Å². The predicted molar refractivity (Wildman–Crippen MR) is 125 cm³/mol. The number of ether oxygens (including phenoxy) is 2. The molecule has 0 N–H and O–H groups in total. The first kappa shape index (κ1) is 24.8. The highest BCUT2D eigenvalue weighted by atomic mass is 35.5. The van der Waals surface area contributed by atoms with Gasteiger partial charge in [-0.3, -0.25) is 4.98 Å². The van der Waals surface area contributed by atoms with Crippen LogP contribution in [0.3, 0.4) is 0 Å². The maximum atomic E-state index is 14.9. The zero-order valence-corrected chi connectivity index (χ0v) is 20.0. The zero-order valence-electron chi connectivity index (χ0n) is 17.6. The van der Waals surface area contributed by atoms with Gasteiger partial charge in [-0.05, 0) is 60.2 Å². The first-order valence-electron chi connectivity index (χ1n) is 10.3. The lowest BCUT2D eigenvalue weighted by atomic mass is 10.0. The van der Waals surface area contributed by atoms with Crippen LogP contribution in [0.4, 0.5) is 8.78 Å². The van der Waals surface area contributed by atoms with E-state index in [1.807, 2.05) is 0 Å². The van der Waals surface area contributed by atoms with Gasteiger partial charge in [-0.25, -0.2) is 17.2 Å². The highest BCUT2D eigenvalue weighted by Gasteiger charge is 2.35. The van der Waals surface area contributed by atoms with Crippen LogP contribution in [0, 0.1) is 11.6 Å². The van der Waals surface area contributed by atoms with Gasteiger partial charge in [0.25, 0.3) is 0 Å². The molecule has 0 amide bonds. The minimum Gasteiger partial charge on any atom is -0.350 e. The molecule has 2 heterocycles. The normalized spacial score (nSPS) is 15.8. The molecule has 2 aromatic carbocycles. The lowest BCUT2D eigenvalue weighted by molar-refractivity contribution is -0.0379. The smallest absolute Gasteiger partial charge is 0.189 e. The van der Waals surface area contributed by atoms with Gasteiger partial charge in [0.15, 0.2) is 16.1 Å². The maximum Gasteiger partial charge on any atom is 0.189 e. The third-order valence-corrected chi connectivity index (χ3v) is 7.82. The van der Waals surface area contributed by atoms with E-state index >= 15 is 0 Å². The lowest BCUT2D eigenvalue weighted by Crippen LogP contribution is -2.18. The van der Waals surface area contributed by atoms with E-state index in [0.29, 0.717) is 30.4 Å². The van der Waals surface area contributed by atoms with Gasteiger partial charge < -0.3 is 9.47 Å². The van der Waals surface area contributed by atoms with Crippen LogP contribution in [0.1, 0.15) is 28.5 Å². The van der Waals surface area contributed by atoms with E-state index in [9.17, 15) is 17.2 Å². The molecule has 1 fully saturated rings. The van der Waals surface area contributed by atoms with E-state index in [4.69, 9.17) is 32.7 Å². The van der Waals surface area contributed by atoms with E-state index in [0.717, 1.165) is 18.2 Å². The Morgan fingerprint density at radius 3 is 2.44 bits per heavy atom. The molecule has 0 spiro atoms. The molecule has 0 radical (unpaired) electrons. The highest BCUT2D eigenvalue weighted by molar-refractivity contribution is 7.92. The van der Waals surface area contributed by atoms with Gasteiger partial charge in [-0.15, -0.1) is 0 Å². The molecule has 5 nitrogen and oxygen atoms in total. The Morgan fingerprint density at radius 1 is 1.03 bits per heavy atom. The molecule has 4 rings (SSSR count). The van der Waals surface area contributed by atoms with Gasteiger partial charge in [-0.2, -0.15) is 0 Å². The monoisotopic (exact) mass is 525 g/mol. The van der Waals surface area contributed by atoms with E-state index in [1.54, 1.807) is 12.2 Å². The van der Waals surface area contributed by atoms with E-state index < -0.39 is 26.7 Å². The number of sulfone groups is 1. The van der Waals surface area contributed by atoms with Crippen LogP contribution >= 0.6 is 23.2 Å². The Morgan fingerprint density at radius 2 is 1.74 bits per heavy atom. The molecule has 0 saturated carbocycles. The van der Waals surface area contributed by atoms with Gasteiger partial charge in [0, 0.05) is 23.2 Å². The van der Waals surface area contributed by atoms with Crippen molar-refractivity contribution >= 4 is 39.1 Å². The SMILES string of the molecule is O=S(=O)(c1ccc(Cl)cc1)C(c1cc(F)ccc1F)c1cc(/C=C\CC2OCCO2)ncc1Cl. The number of aromatic nitrogens is 1. The molecule has 34 heavy (non-hydrogen) atoms. The second-order valence-corrected chi connectivity index (χ2v) is 10.4. The van der Waals surface area contributed by atoms with Crippen molar-refractivity contribution in [3.05, 3.63) is 99.3 Å². The largest absolute Gasteiger partial charge is 0.350 e. The van der Waals surface area contributed by atoms with Gasteiger partial charge >= 0.3 is 0 Å². The number of hydrogen-bond acceptors (Lipinski definition) is 5. The molecule has 1 saturated heterocycles. The van der Waals surface area contributed by atoms with Crippen molar-refractivity contribution < 1.29 is 26.7 Å². The fourth-order valence-electron chi connectivity index (χ4n) is 3.58. The lowest BCUT2D eigenvalue weighted by Gasteiger charge is -2.21. The topological polar surface area (TPSA) is 65.5 Å². The fraction of sp³-hybridized carbons (Fsp3) is 0.208. The number of pyridine rings is 1. The third-order valence-electron chi connectivity index (χ3n) is 5.19. The average Bonchev–Trinajstić information content (AvgIpc) is 3.32. The molecule has 1 aliphatic heterocycles. The molecule has 178 valence electrons. The number of hydrogen-bond donors (Lipinski definition) is 0. The Labute approximate surface area is 205 Å². The quantitative estimate of drug-likeness (QED) is 0.378. The molecule has 1 unspecified atom stereocenters. The summed E-state index contributed by atoms with van der Waals surface area (Å²) < 4.78 is 67.1. The van der Waals surface area contributed by atoms with Crippen LogP contribution in [0.25, 0.3) is 6.08 Å². The molecule has 1 aliphatic rings. The summed E-state index contributed by atoms with van der Waals surface area (Å²) in [6.07, 6.45) is 4.80. The van der Waals surface area contributed by atoms with Crippen molar-refractivity contribution in [2.45, 2.75) is 22.9 Å². The summed E-state index contributed by atoms with van der Waals surface area (Å²) in [4.78, 5) is 4.09. The summed E-state index contributed by atoms with van der Waals surface area (Å²) in [6.45, 7) is 1.04. The van der Waals surface area contributed by atoms with Gasteiger partial charge in [0.1, 0.15) is 16.9 Å². The average molecular weight is 526 g/mol. The second-order valence-electron chi connectivity index (χ2n) is 7.48. The Bertz CT molecular complexity index is 1310. The summed E-state index contributed by atoms with van der Waals surface area (Å²) >= 11 is 12.3. The highest BCUT2D eigenvalue weighted by Crippen LogP contribution is 2.40. The molecule has 1 atom stereocenters. The summed E-state index contributed by atoms with van der Waals surface area (Å²) in [5.74, 6) is -1.67. The van der Waals surface area contributed by atoms with Gasteiger partial charge in [0.2, 0.25) is 0 Å². The van der Waals surface area contributed by atoms with Crippen molar-refractivity contribution in [3.63, 3.8) is 0 Å². The fourth-order valence-corrected chi connectivity index (χ4v) is 5.82. The molecule has 0 aliphatic carbocycles. The van der Waals surface area contributed by atoms with E-state index in [1.165, 1.54) is 36.5 Å². The zero-order chi connectivity index (χ0) is 24.3. The number of halogens is 4. The van der Waals surface area contributed by atoms with Crippen LogP contribution in [0.2, 0.25) is 10.0 Å². The van der Waals surface area contributed by atoms with Crippen LogP contribution < -0.4 is 0 Å². The first-order chi connectivity index (χ1) is 16.3. The molecule has 0 bridgehead atoms. The Kier molecular flexibility index (Phi) is 7.64. The van der Waals surface area contributed by atoms with Crippen LogP contribution in [0.5, 0.6) is 0 Å². The van der Waals surface area contributed by atoms with Crippen LogP contribution in [-0.2, 0) is 19.3 Å². The van der Waals surface area contributed by atoms with Crippen LogP contribution in [-0.4, -0.2) is 32.9 Å². The van der Waals surface area contributed by atoms with Crippen molar-refractivity contribution in [2.24, 2.45) is 0 Å². The minimum absolute atomic E-state index is 0.00851. The van der Waals surface area contributed by atoms with Gasteiger partial charge in [-0.1, -0.05) is 29.3 Å². The third kappa shape index (κ3) is 5.47. The Hall–Kier alpha value is -2.36. The van der Waals surface area contributed by atoms with E-state index in [2.05, 4.69) is 4.98 Å². The molecule has 10 heteroatoms. The molecular weight excluding hydrogens is 507 g/mol. The second kappa shape index (κ2) is 10.5. The van der Waals surface area contributed by atoms with Crippen molar-refractivity contribution in [1.82, 2.24) is 4.98 Å². The summed E-state index contributed by atoms with van der Waals surface area (Å²) in [5, 5.41) is -1.31. The predicted octanol–water partition coefficient (Wildman–Crippen LogP) is 6.01. The van der Waals surface area contributed by atoms with Gasteiger partial charge in [0.05, 0.1) is 28.8 Å². The molecule has 1 aromatic heterocycles.